The number of halogens is 1. The number of benzene rings is 1. The number of guanidine groups is 1. The van der Waals surface area contributed by atoms with Crippen LogP contribution < -0.4 is 10.6 Å². The Bertz CT molecular complexity index is 429. The number of aliphatic imine (C=N–C) groups is 1. The van der Waals surface area contributed by atoms with E-state index in [4.69, 9.17) is 16.3 Å². The third kappa shape index (κ3) is 6.26. The lowest BCUT2D eigenvalue weighted by Crippen LogP contribution is -2.45. The van der Waals surface area contributed by atoms with Crippen LogP contribution in [-0.4, -0.2) is 38.8 Å². The second kappa shape index (κ2) is 8.12. The van der Waals surface area contributed by atoms with Gasteiger partial charge in [0.15, 0.2) is 5.96 Å². The van der Waals surface area contributed by atoms with Gasteiger partial charge in [-0.25, -0.2) is 0 Å². The number of ether oxygens (including phenoxy) is 1. The highest BCUT2D eigenvalue weighted by Gasteiger charge is 2.16. The van der Waals surface area contributed by atoms with Gasteiger partial charge in [0.25, 0.3) is 0 Å². The first-order valence-corrected chi connectivity index (χ1v) is 7.09. The molecule has 0 heterocycles. The van der Waals surface area contributed by atoms with Gasteiger partial charge in [0.2, 0.25) is 0 Å². The van der Waals surface area contributed by atoms with Crippen molar-refractivity contribution in [3.05, 3.63) is 34.9 Å². The summed E-state index contributed by atoms with van der Waals surface area (Å²) in [6.45, 7) is 5.57. The maximum Gasteiger partial charge on any atom is 0.191 e. The van der Waals surface area contributed by atoms with Crippen LogP contribution in [0.2, 0.25) is 5.02 Å². The number of methoxy groups -OCH3 is 1. The molecule has 0 fully saturated rings. The van der Waals surface area contributed by atoms with Crippen LogP contribution in [0, 0.1) is 0 Å². The zero-order chi connectivity index (χ0) is 15.0. The summed E-state index contributed by atoms with van der Waals surface area (Å²) in [5.41, 5.74) is 1.03. The summed E-state index contributed by atoms with van der Waals surface area (Å²) >= 11 is 5.86. The molecule has 112 valence electrons. The van der Waals surface area contributed by atoms with Crippen LogP contribution in [0.3, 0.4) is 0 Å². The molecule has 1 aromatic rings. The Hall–Kier alpha value is -1.26. The van der Waals surface area contributed by atoms with Gasteiger partial charge in [0, 0.05) is 32.3 Å². The summed E-state index contributed by atoms with van der Waals surface area (Å²) in [5.74, 6) is 0.782. The van der Waals surface area contributed by atoms with Gasteiger partial charge < -0.3 is 15.4 Å². The van der Waals surface area contributed by atoms with Gasteiger partial charge >= 0.3 is 0 Å². The SMILES string of the molecule is CN=C(NCCc1ccc(Cl)cc1)NCC(C)(C)OC. The summed E-state index contributed by atoms with van der Waals surface area (Å²) < 4.78 is 5.36. The van der Waals surface area contributed by atoms with Crippen molar-refractivity contribution in [2.24, 2.45) is 4.99 Å². The zero-order valence-electron chi connectivity index (χ0n) is 12.7. The lowest BCUT2D eigenvalue weighted by molar-refractivity contribution is 0.0268. The van der Waals surface area contributed by atoms with E-state index in [1.807, 2.05) is 38.1 Å². The summed E-state index contributed by atoms with van der Waals surface area (Å²) in [6.07, 6.45) is 0.922. The van der Waals surface area contributed by atoms with Crippen molar-refractivity contribution in [3.63, 3.8) is 0 Å². The molecule has 0 amide bonds. The molecule has 0 aliphatic carbocycles. The molecule has 0 radical (unpaired) electrons. The standard InChI is InChI=1S/C15H24ClN3O/c1-15(2,20-4)11-19-14(17-3)18-10-9-12-5-7-13(16)8-6-12/h5-8H,9-11H2,1-4H3,(H2,17,18,19). The first-order chi connectivity index (χ1) is 9.46. The van der Waals surface area contributed by atoms with Crippen LogP contribution in [0.1, 0.15) is 19.4 Å². The average Bonchev–Trinajstić information content (AvgIpc) is 2.44. The molecule has 0 unspecified atom stereocenters. The molecule has 0 saturated heterocycles. The maximum atomic E-state index is 5.86. The molecule has 0 aliphatic rings. The van der Waals surface area contributed by atoms with E-state index in [1.165, 1.54) is 5.56 Å². The molecule has 0 aliphatic heterocycles. The second-order valence-corrected chi connectivity index (χ2v) is 5.63. The fraction of sp³-hybridized carbons (Fsp3) is 0.533. The summed E-state index contributed by atoms with van der Waals surface area (Å²) in [6, 6.07) is 7.89. The molecule has 20 heavy (non-hydrogen) atoms. The molecule has 5 heteroatoms. The van der Waals surface area contributed by atoms with Gasteiger partial charge in [-0.3, -0.25) is 4.99 Å². The van der Waals surface area contributed by atoms with Crippen molar-refractivity contribution >= 4 is 17.6 Å². The molecule has 0 bridgehead atoms. The fourth-order valence-electron chi connectivity index (χ4n) is 1.57. The molecule has 0 aromatic heterocycles. The highest BCUT2D eigenvalue weighted by Crippen LogP contribution is 2.09. The van der Waals surface area contributed by atoms with Gasteiger partial charge in [-0.2, -0.15) is 0 Å². The Labute approximate surface area is 126 Å². The predicted molar refractivity (Wildman–Crippen MR) is 85.6 cm³/mol. The number of hydrogen-bond donors (Lipinski definition) is 2. The lowest BCUT2D eigenvalue weighted by Gasteiger charge is -2.24. The van der Waals surface area contributed by atoms with Crippen LogP contribution in [0.25, 0.3) is 0 Å². The molecular weight excluding hydrogens is 274 g/mol. The van der Waals surface area contributed by atoms with Crippen molar-refractivity contribution in [2.75, 3.05) is 27.2 Å². The average molecular weight is 298 g/mol. The van der Waals surface area contributed by atoms with Crippen molar-refractivity contribution in [3.8, 4) is 0 Å². The number of nitrogens with one attached hydrogen (secondary N) is 2. The van der Waals surface area contributed by atoms with E-state index < -0.39 is 0 Å². The normalized spacial score (nSPS) is 12.3. The molecule has 2 N–H and O–H groups in total. The Kier molecular flexibility index (Phi) is 6.82. The highest BCUT2D eigenvalue weighted by atomic mass is 35.5. The van der Waals surface area contributed by atoms with Crippen LogP contribution in [-0.2, 0) is 11.2 Å². The van der Waals surface area contributed by atoms with Gasteiger partial charge in [-0.05, 0) is 38.0 Å². The van der Waals surface area contributed by atoms with Crippen LogP contribution in [0.5, 0.6) is 0 Å². The zero-order valence-corrected chi connectivity index (χ0v) is 13.4. The summed E-state index contributed by atoms with van der Waals surface area (Å²) in [4.78, 5) is 4.19. The van der Waals surface area contributed by atoms with E-state index in [1.54, 1.807) is 14.2 Å². The number of rotatable bonds is 6. The molecule has 1 rings (SSSR count). The van der Waals surface area contributed by atoms with E-state index in [9.17, 15) is 0 Å². The van der Waals surface area contributed by atoms with Crippen molar-refractivity contribution < 1.29 is 4.74 Å². The summed E-state index contributed by atoms with van der Waals surface area (Å²) in [5, 5.41) is 7.29. The van der Waals surface area contributed by atoms with Crippen molar-refractivity contribution in [2.45, 2.75) is 25.9 Å². The first kappa shape index (κ1) is 16.8. The molecule has 0 spiro atoms. The van der Waals surface area contributed by atoms with Gasteiger partial charge in [-0.15, -0.1) is 0 Å². The Balaban J connectivity index is 2.33. The van der Waals surface area contributed by atoms with E-state index in [-0.39, 0.29) is 5.60 Å². The topological polar surface area (TPSA) is 45.7 Å². The smallest absolute Gasteiger partial charge is 0.191 e. The number of nitrogens with zero attached hydrogens (tertiary/aromatic N) is 1. The van der Waals surface area contributed by atoms with Crippen LogP contribution in [0.15, 0.2) is 29.3 Å². The van der Waals surface area contributed by atoms with E-state index in [0.29, 0.717) is 6.54 Å². The molecular formula is C15H24ClN3O. The minimum atomic E-state index is -0.214. The van der Waals surface area contributed by atoms with Crippen molar-refractivity contribution in [1.82, 2.24) is 10.6 Å². The van der Waals surface area contributed by atoms with E-state index >= 15 is 0 Å². The largest absolute Gasteiger partial charge is 0.377 e. The van der Waals surface area contributed by atoms with Crippen LogP contribution in [0.4, 0.5) is 0 Å². The van der Waals surface area contributed by atoms with Crippen LogP contribution >= 0.6 is 11.6 Å². The third-order valence-corrected chi connectivity index (χ3v) is 3.33. The monoisotopic (exact) mass is 297 g/mol. The minimum absolute atomic E-state index is 0.214. The predicted octanol–water partition coefficient (Wildman–Crippen LogP) is 2.47. The Morgan fingerprint density at radius 1 is 1.25 bits per heavy atom. The fourth-order valence-corrected chi connectivity index (χ4v) is 1.69. The van der Waals surface area contributed by atoms with E-state index in [2.05, 4.69) is 15.6 Å². The minimum Gasteiger partial charge on any atom is -0.377 e. The molecule has 0 saturated carbocycles. The molecule has 0 atom stereocenters. The molecule has 4 nitrogen and oxygen atoms in total. The molecule has 1 aromatic carbocycles. The summed E-state index contributed by atoms with van der Waals surface area (Å²) in [7, 11) is 3.47. The van der Waals surface area contributed by atoms with Crippen molar-refractivity contribution in [1.29, 1.82) is 0 Å². The number of hydrogen-bond acceptors (Lipinski definition) is 2. The maximum absolute atomic E-state index is 5.86. The quantitative estimate of drug-likeness (QED) is 0.626. The van der Waals surface area contributed by atoms with Gasteiger partial charge in [-0.1, -0.05) is 23.7 Å². The van der Waals surface area contributed by atoms with E-state index in [0.717, 1.165) is 23.9 Å². The highest BCUT2D eigenvalue weighted by molar-refractivity contribution is 6.30. The first-order valence-electron chi connectivity index (χ1n) is 6.71. The Morgan fingerprint density at radius 2 is 1.90 bits per heavy atom. The van der Waals surface area contributed by atoms with Gasteiger partial charge in [0.05, 0.1) is 5.60 Å². The lowest BCUT2D eigenvalue weighted by atomic mass is 10.1. The Morgan fingerprint density at radius 3 is 2.45 bits per heavy atom. The van der Waals surface area contributed by atoms with Gasteiger partial charge in [0.1, 0.15) is 0 Å². The second-order valence-electron chi connectivity index (χ2n) is 5.19. The third-order valence-electron chi connectivity index (χ3n) is 3.08.